The monoisotopic (exact) mass is 515 g/mol. The minimum atomic E-state index is 0. The molecule has 0 aliphatic carbocycles. The molecule has 0 atom stereocenters. The van der Waals surface area contributed by atoms with Crippen LogP contribution in [0.2, 0.25) is 0 Å². The molecule has 0 saturated heterocycles. The van der Waals surface area contributed by atoms with E-state index in [9.17, 15) is 4.79 Å². The second-order valence-electron chi connectivity index (χ2n) is 6.51. The number of benzene rings is 2. The van der Waals surface area contributed by atoms with Crippen LogP contribution in [0.3, 0.4) is 0 Å². The standard InChI is InChI=1S/C20H22IN3OS.ClH/c1-14-8-6-11-17-18(14)22-20(26-17)24(13-7-12-23(2)3)19(25)15-9-4-5-10-16(15)21;/h4-6,8-11H,7,12-13H2,1-3H3;1H. The molecule has 0 aliphatic rings. The molecule has 27 heavy (non-hydrogen) atoms. The summed E-state index contributed by atoms with van der Waals surface area (Å²) in [5.74, 6) is 0.0189. The van der Waals surface area contributed by atoms with Crippen LogP contribution in [-0.4, -0.2) is 43.0 Å². The quantitative estimate of drug-likeness (QED) is 0.422. The number of thiazole rings is 1. The van der Waals surface area contributed by atoms with Crippen molar-refractivity contribution in [1.29, 1.82) is 0 Å². The molecular formula is C20H23ClIN3OS. The van der Waals surface area contributed by atoms with Gasteiger partial charge >= 0.3 is 0 Å². The van der Waals surface area contributed by atoms with Crippen molar-refractivity contribution in [1.82, 2.24) is 9.88 Å². The molecule has 1 heterocycles. The molecule has 0 radical (unpaired) electrons. The summed E-state index contributed by atoms with van der Waals surface area (Å²) in [6.07, 6.45) is 0.900. The zero-order valence-electron chi connectivity index (χ0n) is 15.6. The minimum Gasteiger partial charge on any atom is -0.309 e. The van der Waals surface area contributed by atoms with E-state index in [1.54, 1.807) is 11.3 Å². The summed E-state index contributed by atoms with van der Waals surface area (Å²) in [4.78, 5) is 22.0. The van der Waals surface area contributed by atoms with Gasteiger partial charge in [0.2, 0.25) is 0 Å². The van der Waals surface area contributed by atoms with E-state index in [0.29, 0.717) is 6.54 Å². The first-order valence-electron chi connectivity index (χ1n) is 8.54. The highest BCUT2D eigenvalue weighted by molar-refractivity contribution is 14.1. The zero-order valence-corrected chi connectivity index (χ0v) is 19.4. The van der Waals surface area contributed by atoms with Crippen LogP contribution in [0.1, 0.15) is 22.3 Å². The lowest BCUT2D eigenvalue weighted by atomic mass is 10.2. The van der Waals surface area contributed by atoms with Gasteiger partial charge in [-0.3, -0.25) is 9.69 Å². The average Bonchev–Trinajstić information content (AvgIpc) is 3.03. The highest BCUT2D eigenvalue weighted by Gasteiger charge is 2.23. The van der Waals surface area contributed by atoms with Crippen molar-refractivity contribution in [2.24, 2.45) is 0 Å². The summed E-state index contributed by atoms with van der Waals surface area (Å²) in [7, 11) is 4.10. The van der Waals surface area contributed by atoms with Gasteiger partial charge in [0.25, 0.3) is 5.91 Å². The van der Waals surface area contributed by atoms with E-state index in [2.05, 4.69) is 46.5 Å². The third-order valence-electron chi connectivity index (χ3n) is 4.18. The highest BCUT2D eigenvalue weighted by Crippen LogP contribution is 2.32. The maximum atomic E-state index is 13.3. The average molecular weight is 516 g/mol. The van der Waals surface area contributed by atoms with E-state index in [1.165, 1.54) is 0 Å². The molecule has 0 aliphatic heterocycles. The minimum absolute atomic E-state index is 0. The number of carbonyl (C=O) groups excluding carboxylic acids is 1. The van der Waals surface area contributed by atoms with Crippen molar-refractivity contribution in [2.45, 2.75) is 13.3 Å². The van der Waals surface area contributed by atoms with Crippen LogP contribution in [0.5, 0.6) is 0 Å². The van der Waals surface area contributed by atoms with Gasteiger partial charge in [0, 0.05) is 10.1 Å². The highest BCUT2D eigenvalue weighted by atomic mass is 127. The SMILES string of the molecule is Cc1cccc2sc(N(CCCN(C)C)C(=O)c3ccccc3I)nc12.Cl. The lowest BCUT2D eigenvalue weighted by molar-refractivity contribution is 0.0985. The van der Waals surface area contributed by atoms with E-state index in [4.69, 9.17) is 4.98 Å². The Kier molecular flexibility index (Phi) is 8.03. The molecule has 2 aromatic carbocycles. The third kappa shape index (κ3) is 5.19. The molecule has 0 fully saturated rings. The second-order valence-corrected chi connectivity index (χ2v) is 8.68. The Balaban J connectivity index is 0.00000261. The molecule has 0 bridgehead atoms. The van der Waals surface area contributed by atoms with Crippen molar-refractivity contribution in [3.05, 3.63) is 57.2 Å². The van der Waals surface area contributed by atoms with E-state index in [0.717, 1.165) is 43.0 Å². The third-order valence-corrected chi connectivity index (χ3v) is 6.16. The van der Waals surface area contributed by atoms with Crippen LogP contribution in [0, 0.1) is 10.5 Å². The summed E-state index contributed by atoms with van der Waals surface area (Å²) in [5, 5.41) is 0.776. The molecule has 0 saturated carbocycles. The number of anilines is 1. The number of aryl methyl sites for hydroxylation is 1. The number of hydrogen-bond donors (Lipinski definition) is 0. The summed E-state index contributed by atoms with van der Waals surface area (Å²) in [6, 6.07) is 13.9. The van der Waals surface area contributed by atoms with Gasteiger partial charge in [0.15, 0.2) is 5.13 Å². The Hall–Kier alpha value is -1.22. The maximum absolute atomic E-state index is 13.3. The Morgan fingerprint density at radius 2 is 1.85 bits per heavy atom. The molecular weight excluding hydrogens is 493 g/mol. The molecule has 0 N–H and O–H groups in total. The Morgan fingerprint density at radius 3 is 2.52 bits per heavy atom. The number of fused-ring (bicyclic) bond motifs is 1. The lowest BCUT2D eigenvalue weighted by Crippen LogP contribution is -2.33. The van der Waals surface area contributed by atoms with Crippen LogP contribution in [0.25, 0.3) is 10.2 Å². The topological polar surface area (TPSA) is 36.4 Å². The number of amides is 1. The normalized spacial score (nSPS) is 10.9. The Bertz CT molecular complexity index is 928. The molecule has 0 unspecified atom stereocenters. The van der Waals surface area contributed by atoms with Crippen molar-refractivity contribution < 1.29 is 4.79 Å². The summed E-state index contributed by atoms with van der Waals surface area (Å²) < 4.78 is 2.08. The van der Waals surface area contributed by atoms with Crippen molar-refractivity contribution in [3.8, 4) is 0 Å². The fourth-order valence-corrected chi connectivity index (χ4v) is 4.49. The van der Waals surface area contributed by atoms with Crippen molar-refractivity contribution in [3.63, 3.8) is 0 Å². The zero-order chi connectivity index (χ0) is 18.7. The maximum Gasteiger partial charge on any atom is 0.261 e. The van der Waals surface area contributed by atoms with Crippen LogP contribution in [-0.2, 0) is 0 Å². The number of hydrogen-bond acceptors (Lipinski definition) is 4. The predicted molar refractivity (Wildman–Crippen MR) is 126 cm³/mol. The van der Waals surface area contributed by atoms with Gasteiger partial charge < -0.3 is 4.90 Å². The van der Waals surface area contributed by atoms with Gasteiger partial charge in [-0.25, -0.2) is 4.98 Å². The largest absolute Gasteiger partial charge is 0.309 e. The molecule has 1 aromatic heterocycles. The summed E-state index contributed by atoms with van der Waals surface area (Å²) in [5.41, 5.74) is 2.86. The van der Waals surface area contributed by atoms with E-state index < -0.39 is 0 Å². The Morgan fingerprint density at radius 1 is 1.11 bits per heavy atom. The first kappa shape index (κ1) is 22.1. The number of para-hydroxylation sites is 1. The summed E-state index contributed by atoms with van der Waals surface area (Å²) >= 11 is 3.81. The first-order chi connectivity index (χ1) is 12.5. The van der Waals surface area contributed by atoms with Crippen LogP contribution >= 0.6 is 46.3 Å². The number of nitrogens with zero attached hydrogens (tertiary/aromatic N) is 3. The van der Waals surface area contributed by atoms with Gasteiger partial charge in [-0.1, -0.05) is 35.6 Å². The van der Waals surface area contributed by atoms with Gasteiger partial charge in [-0.05, 0) is 80.3 Å². The molecule has 0 spiro atoms. The molecule has 3 aromatic rings. The predicted octanol–water partition coefficient (Wildman–Crippen LogP) is 5.23. The number of carbonyl (C=O) groups is 1. The van der Waals surface area contributed by atoms with Gasteiger partial charge in [0.1, 0.15) is 0 Å². The smallest absolute Gasteiger partial charge is 0.261 e. The van der Waals surface area contributed by atoms with Gasteiger partial charge in [0.05, 0.1) is 15.8 Å². The first-order valence-corrected chi connectivity index (χ1v) is 10.4. The molecule has 3 rings (SSSR count). The molecule has 144 valence electrons. The Labute approximate surface area is 184 Å². The number of halogens is 2. The van der Waals surface area contributed by atoms with Crippen LogP contribution in [0.4, 0.5) is 5.13 Å². The number of aromatic nitrogens is 1. The van der Waals surface area contributed by atoms with Crippen LogP contribution in [0.15, 0.2) is 42.5 Å². The fraction of sp³-hybridized carbons (Fsp3) is 0.300. The van der Waals surface area contributed by atoms with Crippen molar-refractivity contribution >= 4 is 67.6 Å². The lowest BCUT2D eigenvalue weighted by Gasteiger charge is -2.21. The molecule has 4 nitrogen and oxygen atoms in total. The van der Waals surface area contributed by atoms with Crippen molar-refractivity contribution in [2.75, 3.05) is 32.1 Å². The van der Waals surface area contributed by atoms with E-state index >= 15 is 0 Å². The fourth-order valence-electron chi connectivity index (χ4n) is 2.80. The second kappa shape index (κ2) is 9.82. The van der Waals surface area contributed by atoms with E-state index in [-0.39, 0.29) is 18.3 Å². The molecule has 7 heteroatoms. The van der Waals surface area contributed by atoms with Gasteiger partial charge in [-0.2, -0.15) is 0 Å². The number of rotatable bonds is 6. The van der Waals surface area contributed by atoms with Gasteiger partial charge in [-0.15, -0.1) is 12.4 Å². The van der Waals surface area contributed by atoms with E-state index in [1.807, 2.05) is 49.3 Å². The molecule has 1 amide bonds. The summed E-state index contributed by atoms with van der Waals surface area (Å²) in [6.45, 7) is 3.64. The van der Waals surface area contributed by atoms with Crippen LogP contribution < -0.4 is 4.90 Å².